The van der Waals surface area contributed by atoms with Gasteiger partial charge >= 0.3 is 12.1 Å². The second-order valence-corrected chi connectivity index (χ2v) is 6.35. The minimum atomic E-state index is -1.11. The minimum absolute atomic E-state index is 0.0607. The first-order valence-electron chi connectivity index (χ1n) is 5.89. The molecule has 2 aromatic rings. The maximum absolute atomic E-state index is 11.5. The van der Waals surface area contributed by atoms with Crippen LogP contribution in [0.5, 0.6) is 0 Å². The summed E-state index contributed by atoms with van der Waals surface area (Å²) in [5.41, 5.74) is 0.826. The van der Waals surface area contributed by atoms with Gasteiger partial charge in [0.25, 0.3) is 0 Å². The van der Waals surface area contributed by atoms with Gasteiger partial charge in [-0.3, -0.25) is 0 Å². The smallest absolute Gasteiger partial charge is 0.407 e. The summed E-state index contributed by atoms with van der Waals surface area (Å²) in [4.78, 5) is 26.3. The van der Waals surface area contributed by atoms with E-state index in [0.29, 0.717) is 8.79 Å². The number of halogens is 1. The molecule has 1 heterocycles. The van der Waals surface area contributed by atoms with E-state index in [1.165, 1.54) is 0 Å². The summed E-state index contributed by atoms with van der Waals surface area (Å²) in [5.74, 6) is -1.11. The Morgan fingerprint density at radius 2 is 2.05 bits per heavy atom. The van der Waals surface area contributed by atoms with Crippen molar-refractivity contribution in [1.82, 2.24) is 10.3 Å². The van der Waals surface area contributed by atoms with Crippen LogP contribution < -0.4 is 5.32 Å². The van der Waals surface area contributed by atoms with Crippen LogP contribution in [0, 0.1) is 0 Å². The first-order chi connectivity index (χ1) is 10.1. The molecule has 1 aromatic heterocycles. The van der Waals surface area contributed by atoms with E-state index in [9.17, 15) is 9.59 Å². The number of nitrogens with one attached hydrogen (secondary N) is 1. The van der Waals surface area contributed by atoms with Gasteiger partial charge in [-0.25, -0.2) is 14.6 Å². The summed E-state index contributed by atoms with van der Waals surface area (Å²) in [6.45, 7) is 0.290. The van der Waals surface area contributed by atoms with Crippen LogP contribution in [-0.2, 0) is 17.9 Å². The molecular formula is C13H11BrN2O4S. The molecule has 2 N–H and O–H groups in total. The van der Waals surface area contributed by atoms with Crippen LogP contribution in [-0.4, -0.2) is 22.2 Å². The number of alkyl carbamates (subject to hydrolysis) is 1. The zero-order valence-corrected chi connectivity index (χ0v) is 13.1. The van der Waals surface area contributed by atoms with Crippen LogP contribution in [0.2, 0.25) is 0 Å². The standard InChI is InChI=1S/C13H11BrN2O4S/c14-11-10(12(17)18)16-9(21-11)6-15-13(19)20-7-8-4-2-1-3-5-8/h1-5H,6-7H2,(H,15,19)(H,17,18). The lowest BCUT2D eigenvalue weighted by atomic mass is 10.2. The van der Waals surface area contributed by atoms with Gasteiger partial charge in [0.05, 0.1) is 6.54 Å². The maximum atomic E-state index is 11.5. The number of thiazole rings is 1. The minimum Gasteiger partial charge on any atom is -0.476 e. The second-order valence-electron chi connectivity index (χ2n) is 3.95. The third-order valence-corrected chi connectivity index (χ3v) is 4.13. The van der Waals surface area contributed by atoms with Crippen LogP contribution >= 0.6 is 27.3 Å². The molecule has 0 aliphatic rings. The Hall–Kier alpha value is -1.93. The van der Waals surface area contributed by atoms with E-state index in [1.807, 2.05) is 30.3 Å². The van der Waals surface area contributed by atoms with Crippen molar-refractivity contribution in [3.8, 4) is 0 Å². The van der Waals surface area contributed by atoms with Gasteiger partial charge in [-0.1, -0.05) is 30.3 Å². The molecule has 0 fully saturated rings. The predicted octanol–water partition coefficient (Wildman–Crippen LogP) is 3.03. The molecule has 0 saturated carbocycles. The SMILES string of the molecule is O=C(NCc1nc(C(=O)O)c(Br)s1)OCc1ccccc1. The molecule has 0 atom stereocenters. The van der Waals surface area contributed by atoms with Crippen molar-refractivity contribution in [3.63, 3.8) is 0 Å². The Morgan fingerprint density at radius 1 is 1.33 bits per heavy atom. The predicted molar refractivity (Wildman–Crippen MR) is 80.2 cm³/mol. The lowest BCUT2D eigenvalue weighted by Crippen LogP contribution is -2.23. The monoisotopic (exact) mass is 370 g/mol. The van der Waals surface area contributed by atoms with Crippen molar-refractivity contribution in [3.05, 3.63) is 50.4 Å². The quantitative estimate of drug-likeness (QED) is 0.844. The Morgan fingerprint density at radius 3 is 2.67 bits per heavy atom. The highest BCUT2D eigenvalue weighted by Gasteiger charge is 2.15. The molecule has 8 heteroatoms. The van der Waals surface area contributed by atoms with Crippen LogP contribution in [0.4, 0.5) is 4.79 Å². The molecule has 0 bridgehead atoms. The van der Waals surface area contributed by atoms with Crippen molar-refractivity contribution >= 4 is 39.3 Å². The molecule has 110 valence electrons. The number of rotatable bonds is 5. The van der Waals surface area contributed by atoms with Crippen molar-refractivity contribution in [2.24, 2.45) is 0 Å². The average Bonchev–Trinajstić information content (AvgIpc) is 2.85. The Bertz CT molecular complexity index is 645. The number of carbonyl (C=O) groups excluding carboxylic acids is 1. The van der Waals surface area contributed by atoms with Gasteiger partial charge in [0.1, 0.15) is 15.4 Å². The summed E-state index contributed by atoms with van der Waals surface area (Å²) in [6.07, 6.45) is -0.581. The van der Waals surface area contributed by atoms with E-state index >= 15 is 0 Å². The summed E-state index contributed by atoms with van der Waals surface area (Å²) >= 11 is 4.27. The number of hydrogen-bond donors (Lipinski definition) is 2. The highest BCUT2D eigenvalue weighted by Crippen LogP contribution is 2.24. The van der Waals surface area contributed by atoms with E-state index in [0.717, 1.165) is 16.9 Å². The van der Waals surface area contributed by atoms with Crippen LogP contribution in [0.15, 0.2) is 34.1 Å². The van der Waals surface area contributed by atoms with Gasteiger partial charge in [-0.2, -0.15) is 0 Å². The number of aromatic carboxylic acids is 1. The number of carboxylic acids is 1. The first kappa shape index (κ1) is 15.5. The van der Waals surface area contributed by atoms with Crippen LogP contribution in [0.25, 0.3) is 0 Å². The Balaban J connectivity index is 1.81. The van der Waals surface area contributed by atoms with E-state index in [-0.39, 0.29) is 18.8 Å². The second kappa shape index (κ2) is 7.19. The van der Waals surface area contributed by atoms with Gasteiger partial charge in [-0.05, 0) is 21.5 Å². The van der Waals surface area contributed by atoms with Crippen LogP contribution in [0.3, 0.4) is 0 Å². The molecule has 0 radical (unpaired) electrons. The van der Waals surface area contributed by atoms with Gasteiger partial charge in [0.2, 0.25) is 0 Å². The number of carbonyl (C=O) groups is 2. The van der Waals surface area contributed by atoms with E-state index < -0.39 is 12.1 Å². The summed E-state index contributed by atoms with van der Waals surface area (Å²) < 4.78 is 5.45. The van der Waals surface area contributed by atoms with E-state index in [2.05, 4.69) is 26.2 Å². The largest absolute Gasteiger partial charge is 0.476 e. The number of benzene rings is 1. The highest BCUT2D eigenvalue weighted by molar-refractivity contribution is 9.11. The molecule has 0 aliphatic heterocycles. The molecule has 0 aliphatic carbocycles. The Labute approximate surface area is 132 Å². The zero-order valence-electron chi connectivity index (χ0n) is 10.7. The molecule has 2 rings (SSSR count). The number of aromatic nitrogens is 1. The number of nitrogens with zero attached hydrogens (tertiary/aromatic N) is 1. The fourth-order valence-corrected chi connectivity index (χ4v) is 3.01. The summed E-state index contributed by atoms with van der Waals surface area (Å²) in [6, 6.07) is 9.30. The lowest BCUT2D eigenvalue weighted by Gasteiger charge is -2.05. The van der Waals surface area contributed by atoms with Gasteiger partial charge < -0.3 is 15.2 Å². The van der Waals surface area contributed by atoms with Crippen molar-refractivity contribution in [2.75, 3.05) is 0 Å². The third kappa shape index (κ3) is 4.54. The van der Waals surface area contributed by atoms with E-state index in [4.69, 9.17) is 9.84 Å². The third-order valence-electron chi connectivity index (χ3n) is 2.43. The molecule has 6 nitrogen and oxygen atoms in total. The fraction of sp³-hybridized carbons (Fsp3) is 0.154. The number of ether oxygens (including phenoxy) is 1. The molecule has 21 heavy (non-hydrogen) atoms. The molecule has 1 aromatic carbocycles. The molecule has 0 saturated heterocycles. The summed E-state index contributed by atoms with van der Waals surface area (Å²) in [5, 5.41) is 11.9. The number of hydrogen-bond acceptors (Lipinski definition) is 5. The molecular weight excluding hydrogens is 360 g/mol. The van der Waals surface area contributed by atoms with Crippen LogP contribution in [0.1, 0.15) is 21.1 Å². The lowest BCUT2D eigenvalue weighted by molar-refractivity contribution is 0.0690. The fourth-order valence-electron chi connectivity index (χ4n) is 1.47. The number of amides is 1. The topological polar surface area (TPSA) is 88.5 Å². The zero-order chi connectivity index (χ0) is 15.2. The maximum Gasteiger partial charge on any atom is 0.407 e. The van der Waals surface area contributed by atoms with E-state index in [1.54, 1.807) is 0 Å². The molecule has 0 spiro atoms. The van der Waals surface area contributed by atoms with Gasteiger partial charge in [-0.15, -0.1) is 11.3 Å². The molecule has 0 unspecified atom stereocenters. The van der Waals surface area contributed by atoms with Crippen molar-refractivity contribution in [2.45, 2.75) is 13.2 Å². The van der Waals surface area contributed by atoms with Crippen molar-refractivity contribution in [1.29, 1.82) is 0 Å². The van der Waals surface area contributed by atoms with Gasteiger partial charge in [0.15, 0.2) is 5.69 Å². The highest BCUT2D eigenvalue weighted by atomic mass is 79.9. The Kier molecular flexibility index (Phi) is 5.29. The first-order valence-corrected chi connectivity index (χ1v) is 7.50. The van der Waals surface area contributed by atoms with Crippen molar-refractivity contribution < 1.29 is 19.4 Å². The molecule has 1 amide bonds. The average molecular weight is 371 g/mol. The van der Waals surface area contributed by atoms with Gasteiger partial charge in [0, 0.05) is 0 Å². The normalized spacial score (nSPS) is 10.1. The number of carboxylic acid groups (broad SMARTS) is 1. The summed E-state index contributed by atoms with van der Waals surface area (Å²) in [7, 11) is 0.